The van der Waals surface area contributed by atoms with Gasteiger partial charge in [-0.05, 0) is 44.7 Å². The summed E-state index contributed by atoms with van der Waals surface area (Å²) < 4.78 is 0. The van der Waals surface area contributed by atoms with Crippen LogP contribution in [0.15, 0.2) is 0 Å². The summed E-state index contributed by atoms with van der Waals surface area (Å²) in [5.41, 5.74) is 0. The SMILES string of the molecule is O=C1CCCCCN1CCC1CCNC1. The lowest BCUT2D eigenvalue weighted by Crippen LogP contribution is -2.32. The third-order valence-electron chi connectivity index (χ3n) is 3.64. The van der Waals surface area contributed by atoms with Gasteiger partial charge in [-0.2, -0.15) is 0 Å². The minimum atomic E-state index is 0.387. The zero-order valence-corrected chi connectivity index (χ0v) is 9.50. The summed E-state index contributed by atoms with van der Waals surface area (Å²) in [6.07, 6.45) is 6.80. The van der Waals surface area contributed by atoms with E-state index in [1.54, 1.807) is 0 Å². The van der Waals surface area contributed by atoms with Gasteiger partial charge in [0, 0.05) is 19.5 Å². The van der Waals surface area contributed by atoms with E-state index in [-0.39, 0.29) is 0 Å². The quantitative estimate of drug-likeness (QED) is 0.763. The number of amides is 1. The maximum absolute atomic E-state index is 11.7. The molecule has 0 saturated carbocycles. The van der Waals surface area contributed by atoms with Crippen molar-refractivity contribution in [3.8, 4) is 0 Å². The van der Waals surface area contributed by atoms with Crippen LogP contribution in [0.3, 0.4) is 0 Å². The van der Waals surface area contributed by atoms with Gasteiger partial charge < -0.3 is 10.2 Å². The molecule has 2 saturated heterocycles. The molecule has 1 unspecified atom stereocenters. The van der Waals surface area contributed by atoms with Gasteiger partial charge >= 0.3 is 0 Å². The standard InChI is InChI=1S/C12H22N2O/c15-12-4-2-1-3-8-14(12)9-6-11-5-7-13-10-11/h11,13H,1-10H2. The highest BCUT2D eigenvalue weighted by Gasteiger charge is 2.19. The Hall–Kier alpha value is -0.570. The van der Waals surface area contributed by atoms with Crippen molar-refractivity contribution in [2.24, 2.45) is 5.92 Å². The molecule has 2 heterocycles. The average molecular weight is 210 g/mol. The van der Waals surface area contributed by atoms with Gasteiger partial charge in [-0.25, -0.2) is 0 Å². The van der Waals surface area contributed by atoms with Crippen LogP contribution in [0, 0.1) is 5.92 Å². The summed E-state index contributed by atoms with van der Waals surface area (Å²) in [6, 6.07) is 0. The van der Waals surface area contributed by atoms with Crippen molar-refractivity contribution in [1.82, 2.24) is 10.2 Å². The molecule has 1 N–H and O–H groups in total. The summed E-state index contributed by atoms with van der Waals surface area (Å²) in [4.78, 5) is 13.8. The van der Waals surface area contributed by atoms with Crippen molar-refractivity contribution >= 4 is 5.91 Å². The number of hydrogen-bond acceptors (Lipinski definition) is 2. The summed E-state index contributed by atoms with van der Waals surface area (Å²) in [7, 11) is 0. The number of likely N-dealkylation sites (tertiary alicyclic amines) is 1. The Kier molecular flexibility index (Phi) is 4.01. The normalized spacial score (nSPS) is 28.1. The molecule has 2 aliphatic rings. The largest absolute Gasteiger partial charge is 0.343 e. The molecule has 15 heavy (non-hydrogen) atoms. The van der Waals surface area contributed by atoms with Crippen LogP contribution in [0.25, 0.3) is 0 Å². The predicted octanol–water partition coefficient (Wildman–Crippen LogP) is 1.39. The maximum atomic E-state index is 11.7. The van der Waals surface area contributed by atoms with E-state index >= 15 is 0 Å². The van der Waals surface area contributed by atoms with E-state index in [0.29, 0.717) is 5.91 Å². The summed E-state index contributed by atoms with van der Waals surface area (Å²) in [6.45, 7) is 4.31. The van der Waals surface area contributed by atoms with Gasteiger partial charge in [-0.1, -0.05) is 6.42 Å². The summed E-state index contributed by atoms with van der Waals surface area (Å²) >= 11 is 0. The molecule has 86 valence electrons. The Bertz CT molecular complexity index is 212. The molecular formula is C12H22N2O. The molecule has 1 amide bonds. The Labute approximate surface area is 92.2 Å². The smallest absolute Gasteiger partial charge is 0.222 e. The molecule has 0 radical (unpaired) electrons. The van der Waals surface area contributed by atoms with Gasteiger partial charge in [0.2, 0.25) is 5.91 Å². The van der Waals surface area contributed by atoms with Gasteiger partial charge in [0.05, 0.1) is 0 Å². The third-order valence-corrected chi connectivity index (χ3v) is 3.64. The second-order valence-corrected chi connectivity index (χ2v) is 4.84. The third kappa shape index (κ3) is 3.20. The van der Waals surface area contributed by atoms with Crippen LogP contribution in [0.2, 0.25) is 0 Å². The molecule has 1 atom stereocenters. The van der Waals surface area contributed by atoms with E-state index in [9.17, 15) is 4.79 Å². The van der Waals surface area contributed by atoms with E-state index in [2.05, 4.69) is 10.2 Å². The molecular weight excluding hydrogens is 188 g/mol. The molecule has 3 heteroatoms. The molecule has 0 aromatic rings. The predicted molar refractivity (Wildman–Crippen MR) is 60.6 cm³/mol. The molecule has 0 aromatic carbocycles. The minimum absolute atomic E-state index is 0.387. The molecule has 2 fully saturated rings. The molecule has 2 rings (SSSR count). The fraction of sp³-hybridized carbons (Fsp3) is 0.917. The first kappa shape index (κ1) is 10.9. The highest BCUT2D eigenvalue weighted by atomic mass is 16.2. The van der Waals surface area contributed by atoms with Gasteiger partial charge in [-0.15, -0.1) is 0 Å². The highest BCUT2D eigenvalue weighted by Crippen LogP contribution is 2.16. The van der Waals surface area contributed by atoms with Crippen molar-refractivity contribution in [2.45, 2.75) is 38.5 Å². The lowest BCUT2D eigenvalue weighted by atomic mass is 10.0. The first-order valence-corrected chi connectivity index (χ1v) is 6.35. The van der Waals surface area contributed by atoms with Crippen LogP contribution in [0.1, 0.15) is 38.5 Å². The first-order chi connectivity index (χ1) is 7.36. The molecule has 0 aliphatic carbocycles. The van der Waals surface area contributed by atoms with Crippen molar-refractivity contribution in [2.75, 3.05) is 26.2 Å². The Balaban J connectivity index is 1.73. The number of nitrogens with zero attached hydrogens (tertiary/aromatic N) is 1. The van der Waals surface area contributed by atoms with E-state index < -0.39 is 0 Å². The zero-order valence-electron chi connectivity index (χ0n) is 9.50. The maximum Gasteiger partial charge on any atom is 0.222 e. The van der Waals surface area contributed by atoms with Crippen LogP contribution < -0.4 is 5.32 Å². The van der Waals surface area contributed by atoms with E-state index in [0.717, 1.165) is 38.4 Å². The summed E-state index contributed by atoms with van der Waals surface area (Å²) in [5.74, 6) is 1.19. The molecule has 0 bridgehead atoms. The second kappa shape index (κ2) is 5.50. The average Bonchev–Trinajstić information content (AvgIpc) is 2.67. The van der Waals surface area contributed by atoms with Crippen molar-refractivity contribution in [3.05, 3.63) is 0 Å². The van der Waals surface area contributed by atoms with Crippen LogP contribution in [0.5, 0.6) is 0 Å². The number of nitrogens with one attached hydrogen (secondary N) is 1. The van der Waals surface area contributed by atoms with E-state index in [1.807, 2.05) is 0 Å². The van der Waals surface area contributed by atoms with Crippen molar-refractivity contribution in [1.29, 1.82) is 0 Å². The monoisotopic (exact) mass is 210 g/mol. The molecule has 3 nitrogen and oxygen atoms in total. The van der Waals surface area contributed by atoms with Crippen LogP contribution in [-0.4, -0.2) is 37.0 Å². The number of hydrogen-bond donors (Lipinski definition) is 1. The Morgan fingerprint density at radius 2 is 2.27 bits per heavy atom. The first-order valence-electron chi connectivity index (χ1n) is 6.35. The minimum Gasteiger partial charge on any atom is -0.343 e. The molecule has 0 aromatic heterocycles. The van der Waals surface area contributed by atoms with Gasteiger partial charge in [-0.3, -0.25) is 4.79 Å². The zero-order chi connectivity index (χ0) is 10.5. The van der Waals surface area contributed by atoms with Crippen molar-refractivity contribution < 1.29 is 4.79 Å². The fourth-order valence-corrected chi connectivity index (χ4v) is 2.57. The fourth-order valence-electron chi connectivity index (χ4n) is 2.57. The van der Waals surface area contributed by atoms with E-state index in [1.165, 1.54) is 32.2 Å². The lowest BCUT2D eigenvalue weighted by Gasteiger charge is -2.22. The second-order valence-electron chi connectivity index (χ2n) is 4.84. The number of carbonyl (C=O) groups is 1. The topological polar surface area (TPSA) is 32.3 Å². The van der Waals surface area contributed by atoms with Crippen LogP contribution in [-0.2, 0) is 4.79 Å². The van der Waals surface area contributed by atoms with E-state index in [4.69, 9.17) is 0 Å². The molecule has 0 spiro atoms. The lowest BCUT2D eigenvalue weighted by molar-refractivity contribution is -0.130. The molecule has 2 aliphatic heterocycles. The number of rotatable bonds is 3. The van der Waals surface area contributed by atoms with Crippen LogP contribution >= 0.6 is 0 Å². The highest BCUT2D eigenvalue weighted by molar-refractivity contribution is 5.76. The summed E-state index contributed by atoms with van der Waals surface area (Å²) in [5, 5.41) is 3.38. The number of carbonyl (C=O) groups excluding carboxylic acids is 1. The Morgan fingerprint density at radius 3 is 3.07 bits per heavy atom. The Morgan fingerprint density at radius 1 is 1.33 bits per heavy atom. The van der Waals surface area contributed by atoms with Gasteiger partial charge in [0.1, 0.15) is 0 Å². The van der Waals surface area contributed by atoms with Gasteiger partial charge in [0.25, 0.3) is 0 Å². The van der Waals surface area contributed by atoms with Crippen LogP contribution in [0.4, 0.5) is 0 Å². The van der Waals surface area contributed by atoms with Gasteiger partial charge in [0.15, 0.2) is 0 Å². The van der Waals surface area contributed by atoms with Crippen molar-refractivity contribution in [3.63, 3.8) is 0 Å².